The van der Waals surface area contributed by atoms with Crippen LogP contribution in [0.1, 0.15) is 18.4 Å². The van der Waals surface area contributed by atoms with E-state index in [9.17, 15) is 4.79 Å². The van der Waals surface area contributed by atoms with E-state index in [0.717, 1.165) is 29.1 Å². The highest BCUT2D eigenvalue weighted by Crippen LogP contribution is 2.50. The van der Waals surface area contributed by atoms with Crippen molar-refractivity contribution in [3.8, 4) is 5.75 Å². The molecule has 1 aliphatic carbocycles. The average Bonchev–Trinajstić information content (AvgIpc) is 3.09. The summed E-state index contributed by atoms with van der Waals surface area (Å²) in [6, 6.07) is 5.96. The van der Waals surface area contributed by atoms with Gasteiger partial charge in [0, 0.05) is 4.90 Å². The minimum Gasteiger partial charge on any atom is -0.496 e. The maximum atomic E-state index is 10.4. The second kappa shape index (κ2) is 4.32. The number of hydrogen-bond donors (Lipinski definition) is 0. The fourth-order valence-electron chi connectivity index (χ4n) is 1.80. The lowest BCUT2D eigenvalue weighted by molar-refractivity contribution is 0.404. The van der Waals surface area contributed by atoms with E-state index in [4.69, 9.17) is 4.74 Å². The van der Waals surface area contributed by atoms with Gasteiger partial charge in [-0.1, -0.05) is 6.07 Å². The molecule has 0 spiro atoms. The number of isocyanates is 1. The quantitative estimate of drug-likeness (QED) is 0.457. The molecule has 1 aromatic carbocycles. The van der Waals surface area contributed by atoms with E-state index < -0.39 is 0 Å². The summed E-state index contributed by atoms with van der Waals surface area (Å²) in [5.74, 6) is 0.863. The summed E-state index contributed by atoms with van der Waals surface area (Å²) in [6.45, 7) is 0. The smallest absolute Gasteiger partial charge is 0.235 e. The van der Waals surface area contributed by atoms with Crippen molar-refractivity contribution >= 4 is 17.8 Å². The fraction of sp³-hybridized carbons (Fsp3) is 0.417. The number of rotatable bonds is 4. The number of aliphatic imine (C=N–C) groups is 1. The van der Waals surface area contributed by atoms with Crippen molar-refractivity contribution in [3.05, 3.63) is 23.8 Å². The molecule has 1 aromatic rings. The minimum absolute atomic E-state index is 0.293. The van der Waals surface area contributed by atoms with Crippen LogP contribution >= 0.6 is 11.8 Å². The molecule has 0 aromatic heterocycles. The fourth-order valence-corrected chi connectivity index (χ4v) is 2.39. The molecule has 16 heavy (non-hydrogen) atoms. The molecule has 0 amide bonds. The monoisotopic (exact) mass is 235 g/mol. The van der Waals surface area contributed by atoms with Gasteiger partial charge in [-0.15, -0.1) is 11.8 Å². The Hall–Kier alpha value is -1.25. The van der Waals surface area contributed by atoms with Gasteiger partial charge in [0.2, 0.25) is 6.08 Å². The summed E-state index contributed by atoms with van der Waals surface area (Å²) in [5.41, 5.74) is 0.791. The van der Waals surface area contributed by atoms with Gasteiger partial charge >= 0.3 is 0 Å². The Morgan fingerprint density at radius 1 is 1.50 bits per heavy atom. The Bertz CT molecular complexity index is 448. The number of methoxy groups -OCH3 is 1. The highest BCUT2D eigenvalue weighted by atomic mass is 32.2. The van der Waals surface area contributed by atoms with Crippen LogP contribution in [0.4, 0.5) is 0 Å². The molecule has 0 aliphatic heterocycles. The SMILES string of the molecule is COc1ccc(C2(N=C=O)CC2)cc1SC. The van der Waals surface area contributed by atoms with Crippen molar-refractivity contribution in [1.82, 2.24) is 0 Å². The molecule has 84 valence electrons. The maximum Gasteiger partial charge on any atom is 0.235 e. The predicted molar refractivity (Wildman–Crippen MR) is 63.8 cm³/mol. The number of ether oxygens (including phenoxy) is 1. The summed E-state index contributed by atoms with van der Waals surface area (Å²) in [5, 5.41) is 0. The summed E-state index contributed by atoms with van der Waals surface area (Å²) in [7, 11) is 1.66. The van der Waals surface area contributed by atoms with E-state index in [-0.39, 0.29) is 5.54 Å². The van der Waals surface area contributed by atoms with Crippen LogP contribution in [-0.4, -0.2) is 19.4 Å². The van der Waals surface area contributed by atoms with Gasteiger partial charge in [0.25, 0.3) is 0 Å². The van der Waals surface area contributed by atoms with E-state index in [0.29, 0.717) is 0 Å². The Kier molecular flexibility index (Phi) is 3.03. The molecular weight excluding hydrogens is 222 g/mol. The maximum absolute atomic E-state index is 10.4. The van der Waals surface area contributed by atoms with Gasteiger partial charge in [-0.2, -0.15) is 4.99 Å². The van der Waals surface area contributed by atoms with Gasteiger partial charge in [0.15, 0.2) is 0 Å². The van der Waals surface area contributed by atoms with Crippen molar-refractivity contribution in [2.75, 3.05) is 13.4 Å². The van der Waals surface area contributed by atoms with Gasteiger partial charge in [-0.25, -0.2) is 4.79 Å². The Labute approximate surface area is 98.9 Å². The van der Waals surface area contributed by atoms with Crippen molar-refractivity contribution in [1.29, 1.82) is 0 Å². The summed E-state index contributed by atoms with van der Waals surface area (Å²) < 4.78 is 5.26. The molecule has 0 radical (unpaired) electrons. The molecule has 0 N–H and O–H groups in total. The van der Waals surface area contributed by atoms with Crippen LogP contribution in [0.15, 0.2) is 28.1 Å². The van der Waals surface area contributed by atoms with Crippen LogP contribution in [0.3, 0.4) is 0 Å². The van der Waals surface area contributed by atoms with E-state index >= 15 is 0 Å². The van der Waals surface area contributed by atoms with Crippen LogP contribution in [-0.2, 0) is 10.3 Å². The number of hydrogen-bond acceptors (Lipinski definition) is 4. The molecule has 0 saturated heterocycles. The molecule has 0 unspecified atom stereocenters. The lowest BCUT2D eigenvalue weighted by Crippen LogP contribution is -2.02. The van der Waals surface area contributed by atoms with Crippen LogP contribution in [0.25, 0.3) is 0 Å². The number of carbonyl (C=O) groups excluding carboxylic acids is 1. The van der Waals surface area contributed by atoms with E-state index in [1.807, 2.05) is 18.4 Å². The summed E-state index contributed by atoms with van der Waals surface area (Å²) in [6.07, 6.45) is 5.54. The second-order valence-corrected chi connectivity index (χ2v) is 4.65. The van der Waals surface area contributed by atoms with Gasteiger partial charge in [-0.3, -0.25) is 0 Å². The first-order chi connectivity index (χ1) is 7.75. The third-order valence-electron chi connectivity index (χ3n) is 2.90. The molecule has 3 nitrogen and oxygen atoms in total. The summed E-state index contributed by atoms with van der Waals surface area (Å²) >= 11 is 1.63. The molecule has 1 fully saturated rings. The molecule has 4 heteroatoms. The van der Waals surface area contributed by atoms with E-state index in [2.05, 4.69) is 11.1 Å². The van der Waals surface area contributed by atoms with Crippen molar-refractivity contribution in [2.45, 2.75) is 23.3 Å². The minimum atomic E-state index is -0.293. The molecule has 0 atom stereocenters. The first-order valence-corrected chi connectivity index (χ1v) is 6.30. The lowest BCUT2D eigenvalue weighted by Gasteiger charge is -2.12. The topological polar surface area (TPSA) is 38.7 Å². The van der Waals surface area contributed by atoms with Crippen molar-refractivity contribution in [2.24, 2.45) is 4.99 Å². The number of thioether (sulfide) groups is 1. The third kappa shape index (κ3) is 1.86. The van der Waals surface area contributed by atoms with Gasteiger partial charge in [-0.05, 0) is 36.8 Å². The first kappa shape index (κ1) is 11.2. The summed E-state index contributed by atoms with van der Waals surface area (Å²) in [4.78, 5) is 15.4. The van der Waals surface area contributed by atoms with Crippen LogP contribution in [0, 0.1) is 0 Å². The van der Waals surface area contributed by atoms with E-state index in [1.165, 1.54) is 0 Å². The Balaban J connectivity index is 2.40. The van der Waals surface area contributed by atoms with Gasteiger partial charge in [0.1, 0.15) is 5.75 Å². The molecular formula is C12H13NO2S. The second-order valence-electron chi connectivity index (χ2n) is 3.80. The average molecular weight is 235 g/mol. The largest absolute Gasteiger partial charge is 0.496 e. The zero-order valence-electron chi connectivity index (χ0n) is 9.32. The number of benzene rings is 1. The predicted octanol–water partition coefficient (Wildman–Crippen LogP) is 2.74. The van der Waals surface area contributed by atoms with Gasteiger partial charge < -0.3 is 4.74 Å². The normalized spacial score (nSPS) is 16.4. The van der Waals surface area contributed by atoms with Gasteiger partial charge in [0.05, 0.1) is 12.6 Å². The first-order valence-electron chi connectivity index (χ1n) is 5.07. The zero-order chi connectivity index (χ0) is 11.6. The molecule has 2 rings (SSSR count). The lowest BCUT2D eigenvalue weighted by atomic mass is 10.1. The third-order valence-corrected chi connectivity index (χ3v) is 3.66. The molecule has 1 saturated carbocycles. The van der Waals surface area contributed by atoms with Crippen LogP contribution in [0.5, 0.6) is 5.75 Å². The standard InChI is InChI=1S/C12H13NO2S/c1-15-10-4-3-9(7-11(10)16-2)12(5-6-12)13-8-14/h3-4,7H,5-6H2,1-2H3. The molecule has 0 bridgehead atoms. The Morgan fingerprint density at radius 2 is 2.25 bits per heavy atom. The van der Waals surface area contributed by atoms with Crippen LogP contribution in [0.2, 0.25) is 0 Å². The number of nitrogens with zero attached hydrogens (tertiary/aromatic N) is 1. The Morgan fingerprint density at radius 3 is 2.75 bits per heavy atom. The zero-order valence-corrected chi connectivity index (χ0v) is 10.1. The van der Waals surface area contributed by atoms with Crippen LogP contribution < -0.4 is 4.74 Å². The molecule has 1 aliphatic rings. The molecule has 0 heterocycles. The van der Waals surface area contributed by atoms with Crippen molar-refractivity contribution in [3.63, 3.8) is 0 Å². The van der Waals surface area contributed by atoms with E-state index in [1.54, 1.807) is 25.0 Å². The van der Waals surface area contributed by atoms with Crippen molar-refractivity contribution < 1.29 is 9.53 Å². The highest BCUT2D eigenvalue weighted by molar-refractivity contribution is 7.98. The highest BCUT2D eigenvalue weighted by Gasteiger charge is 2.45.